The summed E-state index contributed by atoms with van der Waals surface area (Å²) in [5.41, 5.74) is 0.655. The zero-order valence-corrected chi connectivity index (χ0v) is 11.7. The first kappa shape index (κ1) is 14.0. The monoisotopic (exact) mass is 314 g/mol. The summed E-state index contributed by atoms with van der Waals surface area (Å²) in [6.45, 7) is 0. The summed E-state index contributed by atoms with van der Waals surface area (Å²) in [6.07, 6.45) is -1.40. The van der Waals surface area contributed by atoms with E-state index >= 15 is 0 Å². The van der Waals surface area contributed by atoms with Crippen LogP contribution in [0.15, 0.2) is 42.5 Å². The molecule has 0 fully saturated rings. The second-order valence-corrected chi connectivity index (χ2v) is 4.95. The molecule has 0 bridgehead atoms. The van der Waals surface area contributed by atoms with Gasteiger partial charge in [-0.15, -0.1) is 0 Å². The number of carbonyl (C=O) groups excluding carboxylic acids is 1. The molecular weight excluding hydrogens is 309 g/mol. The fraction of sp³-hybridized carbons (Fsp3) is 0. The van der Waals surface area contributed by atoms with E-state index in [1.165, 1.54) is 12.1 Å². The van der Waals surface area contributed by atoms with E-state index in [2.05, 4.69) is 0 Å². The average molecular weight is 316 g/mol. The van der Waals surface area contributed by atoms with E-state index in [1.807, 2.05) is 0 Å². The van der Waals surface area contributed by atoms with E-state index in [1.54, 1.807) is 30.3 Å². The quantitative estimate of drug-likeness (QED) is 0.836. The second-order valence-electron chi connectivity index (χ2n) is 3.67. The molecule has 3 nitrogen and oxygen atoms in total. The van der Waals surface area contributed by atoms with Gasteiger partial charge in [0.1, 0.15) is 6.09 Å². The fourth-order valence-electron chi connectivity index (χ4n) is 1.60. The Morgan fingerprint density at radius 2 is 1.53 bits per heavy atom. The number of hydrogen-bond acceptors (Lipinski definition) is 2. The summed E-state index contributed by atoms with van der Waals surface area (Å²) < 4.78 is 0. The summed E-state index contributed by atoms with van der Waals surface area (Å²) >= 11 is 17.6. The lowest BCUT2D eigenvalue weighted by molar-refractivity contribution is -0.245. The normalized spacial score (nSPS) is 10.3. The number of nitrogens with zero attached hydrogens (tertiary/aromatic N) is 1. The first-order valence-electron chi connectivity index (χ1n) is 5.21. The third-order valence-electron chi connectivity index (χ3n) is 2.42. The van der Waals surface area contributed by atoms with Crippen LogP contribution >= 0.6 is 34.8 Å². The van der Waals surface area contributed by atoms with E-state index in [4.69, 9.17) is 34.8 Å². The molecule has 0 saturated heterocycles. The maximum atomic E-state index is 11.3. The number of carboxylic acid groups (broad SMARTS) is 1. The Hall–Kier alpha value is -1.42. The van der Waals surface area contributed by atoms with Gasteiger partial charge in [0.2, 0.25) is 0 Å². The van der Waals surface area contributed by atoms with Crippen LogP contribution in [0.3, 0.4) is 0 Å². The molecule has 0 atom stereocenters. The molecule has 2 aromatic rings. The molecule has 0 spiro atoms. The van der Waals surface area contributed by atoms with Gasteiger partial charge in [-0.3, -0.25) is 4.90 Å². The third-order valence-corrected chi connectivity index (χ3v) is 3.21. The first-order chi connectivity index (χ1) is 8.99. The lowest BCUT2D eigenvalue weighted by atomic mass is 10.2. The van der Waals surface area contributed by atoms with Crippen molar-refractivity contribution in [2.24, 2.45) is 0 Å². The van der Waals surface area contributed by atoms with Crippen molar-refractivity contribution in [2.75, 3.05) is 4.90 Å². The average Bonchev–Trinajstić information content (AvgIpc) is 2.34. The largest absolute Gasteiger partial charge is 0.529 e. The SMILES string of the molecule is O=C([O-])N(c1ccc(Cl)cc1)c1ccc(Cl)cc1Cl. The van der Waals surface area contributed by atoms with Gasteiger partial charge >= 0.3 is 0 Å². The van der Waals surface area contributed by atoms with Crippen molar-refractivity contribution in [3.05, 3.63) is 57.5 Å². The van der Waals surface area contributed by atoms with Crippen LogP contribution in [-0.4, -0.2) is 6.09 Å². The third kappa shape index (κ3) is 3.13. The predicted octanol–water partition coefficient (Wildman–Crippen LogP) is 4.13. The van der Waals surface area contributed by atoms with Crippen LogP contribution in [-0.2, 0) is 0 Å². The number of anilines is 2. The molecule has 0 aromatic heterocycles. The van der Waals surface area contributed by atoms with E-state index in [9.17, 15) is 9.90 Å². The molecule has 98 valence electrons. The van der Waals surface area contributed by atoms with Crippen molar-refractivity contribution in [3.8, 4) is 0 Å². The van der Waals surface area contributed by atoms with Gasteiger partial charge in [-0.25, -0.2) is 0 Å². The highest BCUT2D eigenvalue weighted by molar-refractivity contribution is 6.37. The molecular formula is C13H7Cl3NO2-. The Morgan fingerprint density at radius 3 is 2.05 bits per heavy atom. The summed E-state index contributed by atoms with van der Waals surface area (Å²) in [5.74, 6) is 0. The smallest absolute Gasteiger partial charge is 0.146 e. The molecule has 0 aliphatic carbocycles. The molecule has 2 rings (SSSR count). The fourth-order valence-corrected chi connectivity index (χ4v) is 2.21. The minimum atomic E-state index is -1.40. The molecule has 2 aromatic carbocycles. The summed E-state index contributed by atoms with van der Waals surface area (Å²) in [7, 11) is 0. The minimum absolute atomic E-state index is 0.214. The van der Waals surface area contributed by atoms with Crippen molar-refractivity contribution in [1.82, 2.24) is 0 Å². The molecule has 0 heterocycles. The van der Waals surface area contributed by atoms with E-state index in [-0.39, 0.29) is 10.7 Å². The van der Waals surface area contributed by atoms with Crippen LogP contribution in [0, 0.1) is 0 Å². The molecule has 0 aliphatic rings. The van der Waals surface area contributed by atoms with Crippen LogP contribution in [0.5, 0.6) is 0 Å². The zero-order valence-electron chi connectivity index (χ0n) is 9.44. The van der Waals surface area contributed by atoms with Crippen molar-refractivity contribution >= 4 is 52.3 Å². The number of halogens is 3. The standard InChI is InChI=1S/C13H8Cl3NO2/c14-8-1-4-10(5-2-8)17(13(18)19)12-6-3-9(15)7-11(12)16/h1-7H,(H,18,19)/p-1. The van der Waals surface area contributed by atoms with E-state index in [0.717, 1.165) is 4.90 Å². The van der Waals surface area contributed by atoms with Crippen LogP contribution < -0.4 is 10.0 Å². The minimum Gasteiger partial charge on any atom is -0.529 e. The van der Waals surface area contributed by atoms with Crippen molar-refractivity contribution < 1.29 is 9.90 Å². The maximum absolute atomic E-state index is 11.3. The second kappa shape index (κ2) is 5.70. The molecule has 1 amide bonds. The zero-order chi connectivity index (χ0) is 14.0. The molecule has 0 saturated carbocycles. The number of carbonyl (C=O) groups is 1. The van der Waals surface area contributed by atoms with Gasteiger partial charge < -0.3 is 9.90 Å². The highest BCUT2D eigenvalue weighted by Crippen LogP contribution is 2.33. The topological polar surface area (TPSA) is 43.4 Å². The number of amides is 1. The van der Waals surface area contributed by atoms with E-state index < -0.39 is 6.09 Å². The Labute approximate surface area is 124 Å². The highest BCUT2D eigenvalue weighted by atomic mass is 35.5. The van der Waals surface area contributed by atoms with Crippen molar-refractivity contribution in [1.29, 1.82) is 0 Å². The molecule has 6 heteroatoms. The summed E-state index contributed by atoms with van der Waals surface area (Å²) in [6, 6.07) is 10.8. The molecule has 19 heavy (non-hydrogen) atoms. The van der Waals surface area contributed by atoms with Gasteiger partial charge in [0.05, 0.1) is 10.7 Å². The highest BCUT2D eigenvalue weighted by Gasteiger charge is 2.14. The van der Waals surface area contributed by atoms with Crippen molar-refractivity contribution in [3.63, 3.8) is 0 Å². The Bertz CT molecular complexity index is 614. The molecule has 0 unspecified atom stereocenters. The number of benzene rings is 2. The molecule has 0 radical (unpaired) electrons. The van der Waals surface area contributed by atoms with Gasteiger partial charge in [-0.05, 0) is 42.5 Å². The Morgan fingerprint density at radius 1 is 0.947 bits per heavy atom. The van der Waals surface area contributed by atoms with Crippen LogP contribution in [0.4, 0.5) is 16.2 Å². The van der Waals surface area contributed by atoms with Gasteiger partial charge in [0, 0.05) is 15.7 Å². The number of hydrogen-bond donors (Lipinski definition) is 0. The molecule has 0 N–H and O–H groups in total. The number of rotatable bonds is 2. The van der Waals surface area contributed by atoms with Gasteiger partial charge in [-0.1, -0.05) is 34.8 Å². The maximum Gasteiger partial charge on any atom is 0.146 e. The van der Waals surface area contributed by atoms with Crippen LogP contribution in [0.25, 0.3) is 0 Å². The summed E-state index contributed by atoms with van der Waals surface area (Å²) in [4.78, 5) is 12.3. The first-order valence-corrected chi connectivity index (χ1v) is 6.34. The Kier molecular flexibility index (Phi) is 4.20. The van der Waals surface area contributed by atoms with E-state index in [0.29, 0.717) is 15.7 Å². The van der Waals surface area contributed by atoms with Crippen LogP contribution in [0.1, 0.15) is 0 Å². The van der Waals surface area contributed by atoms with Gasteiger partial charge in [0.25, 0.3) is 0 Å². The summed E-state index contributed by atoms with van der Waals surface area (Å²) in [5, 5.41) is 12.5. The van der Waals surface area contributed by atoms with Crippen LogP contribution in [0.2, 0.25) is 15.1 Å². The predicted molar refractivity (Wildman–Crippen MR) is 75.4 cm³/mol. The lowest BCUT2D eigenvalue weighted by Crippen LogP contribution is -2.38. The van der Waals surface area contributed by atoms with Gasteiger partial charge in [-0.2, -0.15) is 0 Å². The Balaban J connectivity index is 2.51. The lowest BCUT2D eigenvalue weighted by Gasteiger charge is -2.26. The van der Waals surface area contributed by atoms with Crippen molar-refractivity contribution in [2.45, 2.75) is 0 Å². The van der Waals surface area contributed by atoms with Gasteiger partial charge in [0.15, 0.2) is 0 Å². The molecule has 0 aliphatic heterocycles.